The number of nitrogens with zero attached hydrogens (tertiary/aromatic N) is 2. The molecule has 1 atom stereocenters. The van der Waals surface area contributed by atoms with E-state index in [1.54, 1.807) is 12.1 Å². The molecule has 38 heavy (non-hydrogen) atoms. The number of rotatable bonds is 5. The fraction of sp³-hybridized carbons (Fsp3) is 0.258. The number of ketones is 1. The molecule has 3 aromatic carbocycles. The van der Waals surface area contributed by atoms with E-state index in [1.165, 1.54) is 4.90 Å². The number of fused-ring (bicyclic) bond motifs is 1. The molecule has 1 unspecified atom stereocenters. The first-order valence-corrected chi connectivity index (χ1v) is 12.7. The lowest BCUT2D eigenvalue weighted by molar-refractivity contribution is -0.132. The molecule has 1 amide bonds. The summed E-state index contributed by atoms with van der Waals surface area (Å²) in [6.45, 7) is 10.5. The second-order valence-corrected chi connectivity index (χ2v) is 10.6. The Morgan fingerprint density at radius 2 is 1.82 bits per heavy atom. The molecule has 4 aromatic rings. The van der Waals surface area contributed by atoms with Crippen LogP contribution < -0.4 is 9.64 Å². The number of aliphatic hydroxyl groups is 1. The van der Waals surface area contributed by atoms with E-state index < -0.39 is 17.7 Å². The molecule has 0 aliphatic carbocycles. The Kier molecular flexibility index (Phi) is 6.31. The summed E-state index contributed by atoms with van der Waals surface area (Å²) < 4.78 is 5.83. The number of benzene rings is 3. The van der Waals surface area contributed by atoms with Crippen molar-refractivity contribution in [2.75, 3.05) is 11.5 Å². The van der Waals surface area contributed by atoms with Crippen LogP contribution in [0, 0.1) is 6.92 Å². The van der Waals surface area contributed by atoms with Gasteiger partial charge in [0.15, 0.2) is 0 Å². The van der Waals surface area contributed by atoms with Crippen LogP contribution in [0.5, 0.6) is 5.75 Å². The summed E-state index contributed by atoms with van der Waals surface area (Å²) >= 11 is 0. The van der Waals surface area contributed by atoms with Crippen molar-refractivity contribution in [2.45, 2.75) is 46.1 Å². The van der Waals surface area contributed by atoms with Gasteiger partial charge in [0.25, 0.3) is 5.78 Å². The summed E-state index contributed by atoms with van der Waals surface area (Å²) in [7, 11) is 0. The zero-order valence-electron chi connectivity index (χ0n) is 22.2. The number of aromatic nitrogens is 2. The molecule has 2 N–H and O–H groups in total. The van der Waals surface area contributed by atoms with E-state index in [4.69, 9.17) is 4.74 Å². The normalized spacial score (nSPS) is 17.4. The molecule has 0 saturated carbocycles. The van der Waals surface area contributed by atoms with Gasteiger partial charge in [0.05, 0.1) is 29.3 Å². The lowest BCUT2D eigenvalue weighted by Gasteiger charge is -2.25. The highest BCUT2D eigenvalue weighted by molar-refractivity contribution is 6.51. The number of nitrogens with one attached hydrogen (secondary N) is 1. The number of hydrogen-bond donors (Lipinski definition) is 2. The smallest absolute Gasteiger partial charge is 0.302 e. The molecule has 1 saturated heterocycles. The molecule has 1 aromatic heterocycles. The summed E-state index contributed by atoms with van der Waals surface area (Å²) in [4.78, 5) is 36.2. The second kappa shape index (κ2) is 9.49. The van der Waals surface area contributed by atoms with Crippen LogP contribution in [0.4, 0.5) is 5.95 Å². The van der Waals surface area contributed by atoms with Crippen LogP contribution in [0.1, 0.15) is 56.0 Å². The highest BCUT2D eigenvalue weighted by atomic mass is 16.5. The first kappa shape index (κ1) is 25.3. The van der Waals surface area contributed by atoms with Gasteiger partial charge in [0, 0.05) is 11.1 Å². The number of Topliss-reactive ketones (excluding diaryl/α,β-unsaturated/α-hetero) is 1. The van der Waals surface area contributed by atoms with Gasteiger partial charge in [-0.15, -0.1) is 0 Å². The molecule has 0 bridgehead atoms. The molecule has 0 spiro atoms. The number of amides is 1. The highest BCUT2D eigenvalue weighted by Gasteiger charge is 2.48. The Bertz CT molecular complexity index is 1560. The van der Waals surface area contributed by atoms with Crippen molar-refractivity contribution >= 4 is 34.4 Å². The number of ether oxygens (including phenoxy) is 1. The molecule has 5 rings (SSSR count). The van der Waals surface area contributed by atoms with Gasteiger partial charge in [-0.3, -0.25) is 14.5 Å². The summed E-state index contributed by atoms with van der Waals surface area (Å²) in [6, 6.07) is 19.5. The topological polar surface area (TPSA) is 95.5 Å². The van der Waals surface area contributed by atoms with E-state index in [2.05, 4.69) is 30.7 Å². The quantitative estimate of drug-likeness (QED) is 0.190. The van der Waals surface area contributed by atoms with Crippen LogP contribution in [0.15, 0.2) is 72.3 Å². The largest absolute Gasteiger partial charge is 0.507 e. The summed E-state index contributed by atoms with van der Waals surface area (Å²) in [5.74, 6) is -0.780. The SMILES string of the molecule is CCOc1ccc(/C(O)=C2\C(=O)C(=O)N(c3nc4ccccc4[nH]3)C2c2cccc(C)c2)cc1C(C)(C)C. The number of hydrogen-bond acceptors (Lipinski definition) is 5. The maximum atomic E-state index is 13.6. The molecule has 7 nitrogen and oxygen atoms in total. The van der Waals surface area contributed by atoms with Crippen LogP contribution in [0.25, 0.3) is 16.8 Å². The van der Waals surface area contributed by atoms with Crippen LogP contribution in [0.2, 0.25) is 0 Å². The minimum Gasteiger partial charge on any atom is -0.507 e. The van der Waals surface area contributed by atoms with E-state index in [9.17, 15) is 14.7 Å². The van der Waals surface area contributed by atoms with E-state index in [0.717, 1.165) is 22.4 Å². The van der Waals surface area contributed by atoms with Crippen LogP contribution in [0.3, 0.4) is 0 Å². The van der Waals surface area contributed by atoms with E-state index in [-0.39, 0.29) is 22.7 Å². The van der Waals surface area contributed by atoms with Gasteiger partial charge in [-0.2, -0.15) is 0 Å². The molecule has 2 heterocycles. The molecule has 1 aliphatic heterocycles. The molecular formula is C31H31N3O4. The predicted molar refractivity (Wildman–Crippen MR) is 148 cm³/mol. The number of carbonyl (C=O) groups excluding carboxylic acids is 2. The Balaban J connectivity index is 1.73. The summed E-state index contributed by atoms with van der Waals surface area (Å²) in [6.07, 6.45) is 0. The number of aromatic amines is 1. The van der Waals surface area contributed by atoms with E-state index >= 15 is 0 Å². The third-order valence-electron chi connectivity index (χ3n) is 6.77. The van der Waals surface area contributed by atoms with Crippen LogP contribution in [-0.2, 0) is 15.0 Å². The Morgan fingerprint density at radius 1 is 1.05 bits per heavy atom. The molecule has 1 aliphatic rings. The molecule has 7 heteroatoms. The fourth-order valence-electron chi connectivity index (χ4n) is 4.96. The van der Waals surface area contributed by atoms with Gasteiger partial charge in [0.1, 0.15) is 11.5 Å². The molecular weight excluding hydrogens is 478 g/mol. The maximum absolute atomic E-state index is 13.6. The van der Waals surface area contributed by atoms with Gasteiger partial charge in [0.2, 0.25) is 5.95 Å². The van der Waals surface area contributed by atoms with Crippen molar-refractivity contribution in [3.63, 3.8) is 0 Å². The van der Waals surface area contributed by atoms with Crippen molar-refractivity contribution in [1.29, 1.82) is 0 Å². The van der Waals surface area contributed by atoms with Crippen molar-refractivity contribution in [3.8, 4) is 5.75 Å². The number of H-pyrrole nitrogens is 1. The highest BCUT2D eigenvalue weighted by Crippen LogP contribution is 2.43. The molecule has 1 fully saturated rings. The monoisotopic (exact) mass is 509 g/mol. The Labute approximate surface area is 221 Å². The zero-order chi connectivity index (χ0) is 27.2. The van der Waals surface area contributed by atoms with Crippen molar-refractivity contribution in [1.82, 2.24) is 9.97 Å². The van der Waals surface area contributed by atoms with Gasteiger partial charge < -0.3 is 14.8 Å². The average molecular weight is 510 g/mol. The van der Waals surface area contributed by atoms with Gasteiger partial charge in [-0.05, 0) is 55.2 Å². The third-order valence-corrected chi connectivity index (χ3v) is 6.77. The van der Waals surface area contributed by atoms with Crippen LogP contribution >= 0.6 is 0 Å². The summed E-state index contributed by atoms with van der Waals surface area (Å²) in [5, 5.41) is 11.6. The predicted octanol–water partition coefficient (Wildman–Crippen LogP) is 6.19. The lowest BCUT2D eigenvalue weighted by atomic mass is 9.84. The zero-order valence-corrected chi connectivity index (χ0v) is 22.2. The summed E-state index contributed by atoms with van der Waals surface area (Å²) in [5.41, 5.74) is 4.16. The first-order chi connectivity index (χ1) is 18.1. The Hall–Kier alpha value is -4.39. The number of imidazole rings is 1. The number of carbonyl (C=O) groups is 2. The van der Waals surface area contributed by atoms with Gasteiger partial charge >= 0.3 is 5.91 Å². The number of aliphatic hydroxyl groups excluding tert-OH is 1. The second-order valence-electron chi connectivity index (χ2n) is 10.6. The van der Waals surface area contributed by atoms with Gasteiger partial charge in [-0.25, -0.2) is 4.98 Å². The van der Waals surface area contributed by atoms with E-state index in [0.29, 0.717) is 23.3 Å². The number of aryl methyl sites for hydroxylation is 1. The average Bonchev–Trinajstić information content (AvgIpc) is 3.42. The van der Waals surface area contributed by atoms with Crippen molar-refractivity contribution in [2.24, 2.45) is 0 Å². The molecule has 0 radical (unpaired) electrons. The maximum Gasteiger partial charge on any atom is 0.302 e. The Morgan fingerprint density at radius 3 is 2.50 bits per heavy atom. The number of anilines is 1. The van der Waals surface area contributed by atoms with Gasteiger partial charge in [-0.1, -0.05) is 62.7 Å². The van der Waals surface area contributed by atoms with Crippen molar-refractivity contribution < 1.29 is 19.4 Å². The fourth-order valence-corrected chi connectivity index (χ4v) is 4.96. The minimum atomic E-state index is -0.861. The minimum absolute atomic E-state index is 0.0186. The first-order valence-electron chi connectivity index (χ1n) is 12.7. The molecule has 194 valence electrons. The van der Waals surface area contributed by atoms with E-state index in [1.807, 2.05) is 68.4 Å². The van der Waals surface area contributed by atoms with Crippen LogP contribution in [-0.4, -0.2) is 33.4 Å². The lowest BCUT2D eigenvalue weighted by Crippen LogP contribution is -2.30. The van der Waals surface area contributed by atoms with Crippen molar-refractivity contribution in [3.05, 3.63) is 94.6 Å². The standard InChI is InChI=1S/C31H31N3O4/c1-6-38-24-15-14-20(17-21(24)31(3,4)5)27(35)25-26(19-11-9-10-18(2)16-19)34(29(37)28(25)36)30-32-22-12-7-8-13-23(22)33-30/h7-17,26,35H,6H2,1-5H3,(H,32,33)/b27-25+. The number of para-hydroxylation sites is 2. The third kappa shape index (κ3) is 4.34.